The predicted molar refractivity (Wildman–Crippen MR) is 66.9 cm³/mol. The molecule has 82 valence electrons. The van der Waals surface area contributed by atoms with Gasteiger partial charge in [-0.05, 0) is 12.1 Å². The molecule has 0 radical (unpaired) electrons. The summed E-state index contributed by atoms with van der Waals surface area (Å²) in [6.45, 7) is 0. The van der Waals surface area contributed by atoms with Gasteiger partial charge in [0.25, 0.3) is 5.91 Å². The molecule has 1 aliphatic heterocycles. The lowest BCUT2D eigenvalue weighted by molar-refractivity contribution is 0.100. The normalized spacial score (nSPS) is 10.8. The van der Waals surface area contributed by atoms with Crippen LogP contribution in [-0.4, -0.2) is 10.9 Å². The minimum absolute atomic E-state index is 0.442. The number of hydrogen-bond donors (Lipinski definition) is 1. The molecule has 3 nitrogen and oxygen atoms in total. The van der Waals surface area contributed by atoms with E-state index in [1.54, 1.807) is 6.07 Å². The Morgan fingerprint density at radius 2 is 1.82 bits per heavy atom. The van der Waals surface area contributed by atoms with E-state index in [4.69, 9.17) is 5.73 Å². The number of fused-ring (bicyclic) bond motifs is 3. The van der Waals surface area contributed by atoms with Gasteiger partial charge in [-0.15, -0.1) is 0 Å². The Bertz CT molecular complexity index is 691. The summed E-state index contributed by atoms with van der Waals surface area (Å²) in [5, 5.41) is 0.965. The van der Waals surface area contributed by atoms with E-state index in [9.17, 15) is 4.79 Å². The number of para-hydroxylation sites is 1. The highest BCUT2D eigenvalue weighted by Gasteiger charge is 2.14. The summed E-state index contributed by atoms with van der Waals surface area (Å²) in [4.78, 5) is 15.8. The van der Waals surface area contributed by atoms with E-state index >= 15 is 0 Å². The molecular weight excluding hydrogens is 212 g/mol. The fourth-order valence-electron chi connectivity index (χ4n) is 2.06. The molecule has 0 fully saturated rings. The van der Waals surface area contributed by atoms with E-state index < -0.39 is 5.91 Å². The molecule has 0 atom stereocenters. The average molecular weight is 222 g/mol. The molecule has 0 saturated heterocycles. The van der Waals surface area contributed by atoms with Gasteiger partial charge in [0.1, 0.15) is 0 Å². The van der Waals surface area contributed by atoms with Crippen LogP contribution in [0.3, 0.4) is 0 Å². The van der Waals surface area contributed by atoms with Crippen molar-refractivity contribution in [1.29, 1.82) is 0 Å². The molecule has 1 aromatic carbocycles. The van der Waals surface area contributed by atoms with Crippen molar-refractivity contribution in [1.82, 2.24) is 4.98 Å². The number of carbonyl (C=O) groups excluding carboxylic acids is 1. The standard InChI is InChI=1S/C14H10N2O/c15-14(17)11-7-4-6-10-9-5-2-1-3-8-12(9)16-13(10)11/h1-8H,(H2,15,17). The number of aromatic nitrogens is 1. The van der Waals surface area contributed by atoms with Crippen molar-refractivity contribution in [3.63, 3.8) is 0 Å². The topological polar surface area (TPSA) is 56.0 Å². The lowest BCUT2D eigenvalue weighted by atomic mass is 10.1. The molecule has 17 heavy (non-hydrogen) atoms. The molecule has 2 aliphatic rings. The van der Waals surface area contributed by atoms with Crippen LogP contribution in [0, 0.1) is 0 Å². The zero-order valence-corrected chi connectivity index (χ0v) is 9.05. The summed E-state index contributed by atoms with van der Waals surface area (Å²) in [5.41, 5.74) is 8.41. The van der Waals surface area contributed by atoms with Crippen molar-refractivity contribution in [2.75, 3.05) is 0 Å². The summed E-state index contributed by atoms with van der Waals surface area (Å²) in [7, 11) is 0. The third-order valence-corrected chi connectivity index (χ3v) is 2.84. The number of carbonyl (C=O) groups is 1. The fraction of sp³-hybridized carbons (Fsp3) is 0. The first kappa shape index (κ1) is 9.78. The largest absolute Gasteiger partial charge is 0.366 e. The Balaban J connectivity index is 2.48. The molecule has 1 heterocycles. The molecule has 1 amide bonds. The fourth-order valence-corrected chi connectivity index (χ4v) is 2.06. The van der Waals surface area contributed by atoms with Gasteiger partial charge in [0.05, 0.1) is 16.8 Å². The zero-order chi connectivity index (χ0) is 11.8. The lowest BCUT2D eigenvalue weighted by Gasteiger charge is -1.96. The zero-order valence-electron chi connectivity index (χ0n) is 9.05. The van der Waals surface area contributed by atoms with Gasteiger partial charge in [0.2, 0.25) is 0 Å². The Labute approximate surface area is 98.2 Å². The van der Waals surface area contributed by atoms with Gasteiger partial charge in [-0.1, -0.05) is 36.4 Å². The van der Waals surface area contributed by atoms with Crippen LogP contribution >= 0.6 is 0 Å². The maximum absolute atomic E-state index is 11.3. The number of hydrogen-bond acceptors (Lipinski definition) is 2. The van der Waals surface area contributed by atoms with E-state index in [2.05, 4.69) is 4.98 Å². The number of amides is 1. The highest BCUT2D eigenvalue weighted by molar-refractivity contribution is 6.09. The van der Waals surface area contributed by atoms with E-state index in [0.717, 1.165) is 16.6 Å². The second kappa shape index (κ2) is 3.56. The highest BCUT2D eigenvalue weighted by Crippen LogP contribution is 2.31. The Hall–Kier alpha value is -2.42. The third kappa shape index (κ3) is 1.44. The number of nitrogens with zero attached hydrogens (tertiary/aromatic N) is 1. The summed E-state index contributed by atoms with van der Waals surface area (Å²) in [6, 6.07) is 15.3. The molecule has 0 unspecified atom stereocenters. The van der Waals surface area contributed by atoms with Gasteiger partial charge in [-0.2, -0.15) is 0 Å². The smallest absolute Gasteiger partial charge is 0.250 e. The van der Waals surface area contributed by atoms with Crippen LogP contribution in [0.15, 0.2) is 48.5 Å². The van der Waals surface area contributed by atoms with E-state index in [1.807, 2.05) is 42.5 Å². The second-order valence-corrected chi connectivity index (χ2v) is 3.89. The monoisotopic (exact) mass is 222 g/mol. The summed E-state index contributed by atoms with van der Waals surface area (Å²) < 4.78 is 0. The lowest BCUT2D eigenvalue weighted by Crippen LogP contribution is -2.11. The van der Waals surface area contributed by atoms with Crippen molar-refractivity contribution in [2.24, 2.45) is 5.73 Å². The molecule has 0 spiro atoms. The minimum Gasteiger partial charge on any atom is -0.366 e. The van der Waals surface area contributed by atoms with Crippen molar-refractivity contribution in [2.45, 2.75) is 0 Å². The second-order valence-electron chi connectivity index (χ2n) is 3.89. The first-order chi connectivity index (χ1) is 8.27. The van der Waals surface area contributed by atoms with Crippen LogP contribution in [-0.2, 0) is 0 Å². The Morgan fingerprint density at radius 1 is 1.00 bits per heavy atom. The van der Waals surface area contributed by atoms with E-state index in [1.165, 1.54) is 0 Å². The van der Waals surface area contributed by atoms with Crippen molar-refractivity contribution in [3.05, 3.63) is 54.1 Å². The quantitative estimate of drug-likeness (QED) is 0.687. The molecule has 0 saturated carbocycles. The van der Waals surface area contributed by atoms with Crippen LogP contribution < -0.4 is 5.73 Å². The van der Waals surface area contributed by atoms with Crippen molar-refractivity contribution in [3.8, 4) is 11.3 Å². The van der Waals surface area contributed by atoms with Crippen LogP contribution in [0.25, 0.3) is 22.2 Å². The number of primary amides is 1. The molecule has 0 bridgehead atoms. The molecular formula is C14H10N2O. The molecule has 1 aromatic rings. The van der Waals surface area contributed by atoms with Gasteiger partial charge in [-0.25, -0.2) is 4.98 Å². The molecule has 2 N–H and O–H groups in total. The van der Waals surface area contributed by atoms with E-state index in [0.29, 0.717) is 11.1 Å². The third-order valence-electron chi connectivity index (χ3n) is 2.84. The highest BCUT2D eigenvalue weighted by atomic mass is 16.1. The molecule has 3 heteroatoms. The molecule has 3 rings (SSSR count). The first-order valence-corrected chi connectivity index (χ1v) is 5.34. The number of benzene rings is 1. The predicted octanol–water partition coefficient (Wildman–Crippen LogP) is 2.44. The maximum atomic E-state index is 11.3. The number of rotatable bonds is 1. The van der Waals surface area contributed by atoms with E-state index in [-0.39, 0.29) is 0 Å². The Morgan fingerprint density at radius 3 is 2.65 bits per heavy atom. The SMILES string of the molecule is NC(=O)c1cccc2c3cccccc-3nc12. The molecule has 1 aliphatic carbocycles. The average Bonchev–Trinajstić information content (AvgIpc) is 2.52. The van der Waals surface area contributed by atoms with Crippen LogP contribution in [0.1, 0.15) is 10.4 Å². The minimum atomic E-state index is -0.442. The van der Waals surface area contributed by atoms with Crippen LogP contribution in [0.2, 0.25) is 0 Å². The number of nitrogens with two attached hydrogens (primary N) is 1. The van der Waals surface area contributed by atoms with Gasteiger partial charge in [0, 0.05) is 10.9 Å². The van der Waals surface area contributed by atoms with Gasteiger partial charge >= 0.3 is 0 Å². The molecule has 0 aromatic heterocycles. The Kier molecular flexibility index (Phi) is 2.05. The summed E-state index contributed by atoms with van der Waals surface area (Å²) in [6.07, 6.45) is 0. The van der Waals surface area contributed by atoms with Crippen molar-refractivity contribution < 1.29 is 4.79 Å². The van der Waals surface area contributed by atoms with Gasteiger partial charge < -0.3 is 5.73 Å². The summed E-state index contributed by atoms with van der Waals surface area (Å²) >= 11 is 0. The summed E-state index contributed by atoms with van der Waals surface area (Å²) in [5.74, 6) is -0.442. The van der Waals surface area contributed by atoms with Crippen molar-refractivity contribution >= 4 is 16.8 Å². The van der Waals surface area contributed by atoms with Crippen LogP contribution in [0.5, 0.6) is 0 Å². The van der Waals surface area contributed by atoms with Gasteiger partial charge in [-0.3, -0.25) is 4.79 Å². The van der Waals surface area contributed by atoms with Crippen LogP contribution in [0.4, 0.5) is 0 Å². The maximum Gasteiger partial charge on any atom is 0.250 e. The first-order valence-electron chi connectivity index (χ1n) is 5.34. The van der Waals surface area contributed by atoms with Gasteiger partial charge in [0.15, 0.2) is 0 Å².